The Balaban J connectivity index is 1.59. The quantitative estimate of drug-likeness (QED) is 0.193. The number of aromatic nitrogens is 1. The molecule has 3 heterocycles. The molecule has 5 rings (SSSR count). The van der Waals surface area contributed by atoms with E-state index in [0.717, 1.165) is 43.2 Å². The minimum Gasteiger partial charge on any atom is -0.339 e. The lowest BCUT2D eigenvalue weighted by Crippen LogP contribution is -1.94. The lowest BCUT2D eigenvalue weighted by Gasteiger charge is -2.04. The van der Waals surface area contributed by atoms with E-state index < -0.39 is 11.6 Å². The van der Waals surface area contributed by atoms with Gasteiger partial charge in [-0.05, 0) is 54.0 Å². The fourth-order valence-corrected chi connectivity index (χ4v) is 7.03. The Morgan fingerprint density at radius 2 is 1.15 bits per heavy atom. The first-order valence-electron chi connectivity index (χ1n) is 12.1. The summed E-state index contributed by atoms with van der Waals surface area (Å²) in [6.45, 7) is 2.81. The molecule has 0 saturated carbocycles. The first-order chi connectivity index (χ1) is 19.4. The van der Waals surface area contributed by atoms with Crippen molar-refractivity contribution in [2.24, 2.45) is 0 Å². The third kappa shape index (κ3) is 4.77. The summed E-state index contributed by atoms with van der Waals surface area (Å²) in [5, 5.41) is 35.9. The molecule has 0 fully saturated rings. The summed E-state index contributed by atoms with van der Waals surface area (Å²) in [6, 6.07) is 20.3. The van der Waals surface area contributed by atoms with Crippen LogP contribution in [0.25, 0.3) is 53.5 Å². The number of fused-ring (bicyclic) bond motifs is 3. The number of aryl methyl sites for hydroxylation is 1. The average Bonchev–Trinajstić information content (AvgIpc) is 3.63. The smallest absolute Gasteiger partial charge is 0.132 e. The zero-order valence-corrected chi connectivity index (χ0v) is 22.6. The minimum atomic E-state index is -0.454. The van der Waals surface area contributed by atoms with E-state index in [2.05, 4.69) is 11.5 Å². The molecule has 9 heteroatoms. The molecule has 192 valence electrons. The van der Waals surface area contributed by atoms with Crippen molar-refractivity contribution >= 4 is 55.3 Å². The maximum absolute atomic E-state index is 15.1. The summed E-state index contributed by atoms with van der Waals surface area (Å²) < 4.78 is 34.4. The van der Waals surface area contributed by atoms with Crippen molar-refractivity contribution in [1.29, 1.82) is 21.0 Å². The number of nitrogens with zero attached hydrogens (tertiary/aromatic N) is 5. The summed E-state index contributed by atoms with van der Waals surface area (Å²) in [7, 11) is 0. The van der Waals surface area contributed by atoms with Gasteiger partial charge in [0, 0.05) is 27.4 Å². The summed E-state index contributed by atoms with van der Waals surface area (Å²) in [6.07, 6.45) is 3.56. The van der Waals surface area contributed by atoms with Crippen LogP contribution >= 0.6 is 22.7 Å². The topological polar surface area (TPSA) is 100 Å². The Labute approximate surface area is 236 Å². The molecule has 2 aromatic carbocycles. The van der Waals surface area contributed by atoms with Crippen LogP contribution in [0.3, 0.4) is 0 Å². The SMILES string of the molecule is CCCn1c2cc(-c3ccc(C=C(C#N)C#N)cc3F)sc2c2sc(-c3ccc(C=C(C#N)C#N)cc3F)cc21. The summed E-state index contributed by atoms with van der Waals surface area (Å²) in [5.41, 5.74) is 3.47. The highest BCUT2D eigenvalue weighted by Crippen LogP contribution is 2.46. The van der Waals surface area contributed by atoms with Gasteiger partial charge in [0.25, 0.3) is 0 Å². The summed E-state index contributed by atoms with van der Waals surface area (Å²) in [5.74, 6) is -0.907. The standard InChI is InChI=1S/C31H17F2N5S2/c1-2-7-38-26-12-28(22-5-3-18(10-24(22)32)8-20(14-34)15-35)39-30(26)31-27(38)13-29(40-31)23-6-4-19(11-25(23)33)9-21(16-36)17-37/h3-6,8-13H,2,7H2,1H3. The van der Waals surface area contributed by atoms with Gasteiger partial charge in [0.05, 0.1) is 20.4 Å². The van der Waals surface area contributed by atoms with E-state index in [-0.39, 0.29) is 11.1 Å². The maximum atomic E-state index is 15.1. The molecule has 0 N–H and O–H groups in total. The molecule has 0 spiro atoms. The van der Waals surface area contributed by atoms with Crippen molar-refractivity contribution in [1.82, 2.24) is 4.57 Å². The highest BCUT2D eigenvalue weighted by Gasteiger charge is 2.20. The van der Waals surface area contributed by atoms with Gasteiger partial charge < -0.3 is 4.57 Å². The Hall–Kier alpha value is -5.06. The number of hydrogen-bond acceptors (Lipinski definition) is 6. The molecule has 0 amide bonds. The van der Waals surface area contributed by atoms with Gasteiger partial charge in [-0.1, -0.05) is 31.2 Å². The van der Waals surface area contributed by atoms with E-state index in [0.29, 0.717) is 22.3 Å². The van der Waals surface area contributed by atoms with Gasteiger partial charge in [0.2, 0.25) is 0 Å². The van der Waals surface area contributed by atoms with Crippen molar-refractivity contribution in [2.45, 2.75) is 19.9 Å². The van der Waals surface area contributed by atoms with Gasteiger partial charge in [-0.25, -0.2) is 8.78 Å². The number of allylic oxidation sites excluding steroid dienone is 2. The molecule has 0 aliphatic heterocycles. The fourth-order valence-electron chi connectivity index (χ4n) is 4.50. The summed E-state index contributed by atoms with van der Waals surface area (Å²) in [4.78, 5) is 1.49. The van der Waals surface area contributed by atoms with E-state index in [1.54, 1.807) is 48.5 Å². The zero-order valence-electron chi connectivity index (χ0n) is 21.0. The van der Waals surface area contributed by atoms with E-state index in [1.165, 1.54) is 47.0 Å². The number of rotatable bonds is 6. The van der Waals surface area contributed by atoms with Gasteiger partial charge in [-0.2, -0.15) is 21.0 Å². The monoisotopic (exact) mass is 561 g/mol. The van der Waals surface area contributed by atoms with Crippen LogP contribution in [0, 0.1) is 57.0 Å². The number of hydrogen-bond donors (Lipinski definition) is 0. The lowest BCUT2D eigenvalue weighted by atomic mass is 10.1. The molecular formula is C31H17F2N5S2. The lowest BCUT2D eigenvalue weighted by molar-refractivity contribution is 0.631. The van der Waals surface area contributed by atoms with Crippen LogP contribution in [-0.4, -0.2) is 4.57 Å². The van der Waals surface area contributed by atoms with Crippen molar-refractivity contribution in [3.05, 3.63) is 82.4 Å². The van der Waals surface area contributed by atoms with E-state index in [1.807, 2.05) is 12.1 Å². The molecule has 0 unspecified atom stereocenters. The molecule has 0 aliphatic carbocycles. The maximum Gasteiger partial charge on any atom is 0.132 e. The van der Waals surface area contributed by atoms with Crippen molar-refractivity contribution in [3.8, 4) is 45.2 Å². The highest BCUT2D eigenvalue weighted by atomic mass is 32.1. The van der Waals surface area contributed by atoms with E-state index in [9.17, 15) is 0 Å². The van der Waals surface area contributed by atoms with Crippen LogP contribution in [0.2, 0.25) is 0 Å². The average molecular weight is 562 g/mol. The molecule has 0 aliphatic rings. The van der Waals surface area contributed by atoms with E-state index in [4.69, 9.17) is 21.0 Å². The van der Waals surface area contributed by atoms with Crippen molar-refractivity contribution in [3.63, 3.8) is 0 Å². The summed E-state index contributed by atoms with van der Waals surface area (Å²) >= 11 is 2.93. The van der Waals surface area contributed by atoms with Gasteiger partial charge in [-0.3, -0.25) is 0 Å². The first kappa shape index (κ1) is 26.5. The Morgan fingerprint density at radius 3 is 1.50 bits per heavy atom. The number of thiophene rings is 2. The normalized spacial score (nSPS) is 10.5. The molecule has 5 aromatic rings. The van der Waals surface area contributed by atoms with Crippen LogP contribution in [0.4, 0.5) is 8.78 Å². The molecule has 40 heavy (non-hydrogen) atoms. The van der Waals surface area contributed by atoms with Gasteiger partial charge in [0.1, 0.15) is 47.1 Å². The first-order valence-corrected chi connectivity index (χ1v) is 13.7. The van der Waals surface area contributed by atoms with Crippen LogP contribution < -0.4 is 0 Å². The molecule has 5 nitrogen and oxygen atoms in total. The predicted molar refractivity (Wildman–Crippen MR) is 155 cm³/mol. The van der Waals surface area contributed by atoms with Crippen LogP contribution in [0.15, 0.2) is 59.7 Å². The third-order valence-electron chi connectivity index (χ3n) is 6.28. The molecule has 0 bridgehead atoms. The second-order valence-corrected chi connectivity index (χ2v) is 10.9. The number of nitriles is 4. The van der Waals surface area contributed by atoms with Gasteiger partial charge in [0.15, 0.2) is 0 Å². The second kappa shape index (κ2) is 11.0. The van der Waals surface area contributed by atoms with Crippen molar-refractivity contribution < 1.29 is 8.78 Å². The van der Waals surface area contributed by atoms with E-state index >= 15 is 8.78 Å². The van der Waals surface area contributed by atoms with Crippen LogP contribution in [-0.2, 0) is 6.54 Å². The number of halogens is 2. The van der Waals surface area contributed by atoms with Crippen LogP contribution in [0.5, 0.6) is 0 Å². The number of benzene rings is 2. The Morgan fingerprint density at radius 1 is 0.725 bits per heavy atom. The predicted octanol–water partition coefficient (Wildman–Crippen LogP) is 8.80. The molecular weight excluding hydrogens is 545 g/mol. The van der Waals surface area contributed by atoms with Crippen molar-refractivity contribution in [2.75, 3.05) is 0 Å². The minimum absolute atomic E-state index is 0.102. The van der Waals surface area contributed by atoms with Crippen LogP contribution in [0.1, 0.15) is 24.5 Å². The highest BCUT2D eigenvalue weighted by molar-refractivity contribution is 7.30. The van der Waals surface area contributed by atoms with Gasteiger partial charge in [-0.15, -0.1) is 22.7 Å². The Kier molecular flexibility index (Phi) is 7.28. The van der Waals surface area contributed by atoms with Gasteiger partial charge >= 0.3 is 0 Å². The third-order valence-corrected chi connectivity index (χ3v) is 8.76. The second-order valence-electron chi connectivity index (χ2n) is 8.84. The molecule has 0 saturated heterocycles. The largest absolute Gasteiger partial charge is 0.339 e. The Bertz CT molecular complexity index is 1870. The fraction of sp³-hybridized carbons (Fsp3) is 0.0968. The zero-order chi connectivity index (χ0) is 28.4. The molecule has 0 radical (unpaired) electrons. The molecule has 0 atom stereocenters. The molecule has 3 aromatic heterocycles.